The highest BCUT2D eigenvalue weighted by atomic mass is 35.5. The maximum absolute atomic E-state index is 12.2. The summed E-state index contributed by atoms with van der Waals surface area (Å²) in [6, 6.07) is 15.1. The molecule has 0 saturated carbocycles. The lowest BCUT2D eigenvalue weighted by Crippen LogP contribution is -2.34. The maximum Gasteiger partial charge on any atom is 0.408 e. The highest BCUT2D eigenvalue weighted by Gasteiger charge is 2.19. The van der Waals surface area contributed by atoms with Crippen LogP contribution in [0.2, 0.25) is 10.0 Å². The molecule has 2 aromatic rings. The van der Waals surface area contributed by atoms with Crippen molar-refractivity contribution in [1.82, 2.24) is 5.32 Å². The van der Waals surface area contributed by atoms with Crippen LogP contribution in [0.5, 0.6) is 0 Å². The van der Waals surface area contributed by atoms with E-state index in [2.05, 4.69) is 5.32 Å². The number of hydrogen-bond donors (Lipinski definition) is 1. The molecule has 0 unspecified atom stereocenters. The van der Waals surface area contributed by atoms with Gasteiger partial charge in [0.1, 0.15) is 5.60 Å². The van der Waals surface area contributed by atoms with Gasteiger partial charge in [-0.2, -0.15) is 0 Å². The molecule has 0 aliphatic carbocycles. The number of carbonyl (C=O) groups excluding carboxylic acids is 1. The van der Waals surface area contributed by atoms with Crippen LogP contribution in [0.25, 0.3) is 6.08 Å². The number of ether oxygens (including phenoxy) is 1. The van der Waals surface area contributed by atoms with Crippen LogP contribution >= 0.6 is 23.2 Å². The van der Waals surface area contributed by atoms with Gasteiger partial charge in [0.05, 0.1) is 16.1 Å². The summed E-state index contributed by atoms with van der Waals surface area (Å²) < 4.78 is 5.38. The van der Waals surface area contributed by atoms with E-state index in [0.29, 0.717) is 16.5 Å². The molecule has 3 nitrogen and oxygen atoms in total. The van der Waals surface area contributed by atoms with Gasteiger partial charge in [-0.25, -0.2) is 4.79 Å². The standard InChI is InChI=1S/C21H23Cl2NO2/c1-21(2,3)26-20(25)24-19(16-9-5-4-6-10-16)11-7-8-15-12-13-17(22)18(23)14-15/h4-10,12-14,19H,11H2,1-3H3,(H,24,25)/b8-7+/t19-/m0/s1. The second-order valence-electron chi connectivity index (χ2n) is 6.92. The van der Waals surface area contributed by atoms with Crippen LogP contribution < -0.4 is 5.32 Å². The minimum absolute atomic E-state index is 0.190. The summed E-state index contributed by atoms with van der Waals surface area (Å²) in [5.74, 6) is 0. The summed E-state index contributed by atoms with van der Waals surface area (Å²) in [6.45, 7) is 5.52. The monoisotopic (exact) mass is 391 g/mol. The number of halogens is 2. The Morgan fingerprint density at radius 1 is 1.12 bits per heavy atom. The van der Waals surface area contributed by atoms with E-state index < -0.39 is 11.7 Å². The van der Waals surface area contributed by atoms with Crippen molar-refractivity contribution >= 4 is 35.4 Å². The maximum atomic E-state index is 12.2. The third-order valence-corrected chi connectivity index (χ3v) is 4.26. The fourth-order valence-corrected chi connectivity index (χ4v) is 2.68. The second kappa shape index (κ2) is 9.11. The number of nitrogens with one attached hydrogen (secondary N) is 1. The minimum Gasteiger partial charge on any atom is -0.444 e. The predicted molar refractivity (Wildman–Crippen MR) is 109 cm³/mol. The van der Waals surface area contributed by atoms with Gasteiger partial charge in [0, 0.05) is 0 Å². The van der Waals surface area contributed by atoms with E-state index in [1.807, 2.05) is 69.3 Å². The van der Waals surface area contributed by atoms with Gasteiger partial charge in [-0.3, -0.25) is 0 Å². The largest absolute Gasteiger partial charge is 0.444 e. The van der Waals surface area contributed by atoms with Crippen molar-refractivity contribution in [1.29, 1.82) is 0 Å². The highest BCUT2D eigenvalue weighted by Crippen LogP contribution is 2.24. The molecule has 138 valence electrons. The average molecular weight is 392 g/mol. The lowest BCUT2D eigenvalue weighted by molar-refractivity contribution is 0.0504. The van der Waals surface area contributed by atoms with E-state index in [9.17, 15) is 4.79 Å². The van der Waals surface area contributed by atoms with Gasteiger partial charge in [-0.05, 0) is 50.5 Å². The zero-order chi connectivity index (χ0) is 19.2. The fraction of sp³-hybridized carbons (Fsp3) is 0.286. The molecule has 0 aromatic heterocycles. The van der Waals surface area contributed by atoms with Crippen LogP contribution in [0, 0.1) is 0 Å². The van der Waals surface area contributed by atoms with Crippen LogP contribution in [-0.2, 0) is 4.74 Å². The Balaban J connectivity index is 2.10. The van der Waals surface area contributed by atoms with Gasteiger partial charge in [0.15, 0.2) is 0 Å². The first-order valence-electron chi connectivity index (χ1n) is 8.40. The Morgan fingerprint density at radius 2 is 1.81 bits per heavy atom. The molecular weight excluding hydrogens is 369 g/mol. The van der Waals surface area contributed by atoms with Gasteiger partial charge in [0.25, 0.3) is 0 Å². The topological polar surface area (TPSA) is 38.3 Å². The average Bonchev–Trinajstić information content (AvgIpc) is 2.56. The molecule has 1 amide bonds. The number of hydrogen-bond acceptors (Lipinski definition) is 2. The summed E-state index contributed by atoms with van der Waals surface area (Å²) in [4.78, 5) is 12.2. The van der Waals surface area contributed by atoms with Gasteiger partial charge >= 0.3 is 6.09 Å². The molecule has 0 radical (unpaired) electrons. The van der Waals surface area contributed by atoms with Crippen molar-refractivity contribution in [3.63, 3.8) is 0 Å². The normalized spacial score (nSPS) is 12.8. The van der Waals surface area contributed by atoms with E-state index in [-0.39, 0.29) is 6.04 Å². The Labute approximate surface area is 165 Å². The summed E-state index contributed by atoms with van der Waals surface area (Å²) >= 11 is 12.0. The lowest BCUT2D eigenvalue weighted by Gasteiger charge is -2.23. The van der Waals surface area contributed by atoms with Gasteiger partial charge in [-0.15, -0.1) is 0 Å². The first-order valence-corrected chi connectivity index (χ1v) is 9.16. The van der Waals surface area contributed by atoms with E-state index in [4.69, 9.17) is 27.9 Å². The van der Waals surface area contributed by atoms with Crippen molar-refractivity contribution in [3.8, 4) is 0 Å². The molecule has 0 heterocycles. The van der Waals surface area contributed by atoms with Crippen molar-refractivity contribution in [2.24, 2.45) is 0 Å². The molecule has 5 heteroatoms. The zero-order valence-corrected chi connectivity index (χ0v) is 16.6. The van der Waals surface area contributed by atoms with Gasteiger partial charge in [-0.1, -0.05) is 71.8 Å². The van der Waals surface area contributed by atoms with Crippen LogP contribution in [0.15, 0.2) is 54.6 Å². The van der Waals surface area contributed by atoms with Crippen LogP contribution in [0.1, 0.15) is 44.4 Å². The highest BCUT2D eigenvalue weighted by molar-refractivity contribution is 6.42. The van der Waals surface area contributed by atoms with Gasteiger partial charge in [0.2, 0.25) is 0 Å². The predicted octanol–water partition coefficient (Wildman–Crippen LogP) is 6.66. The number of benzene rings is 2. The SMILES string of the molecule is CC(C)(C)OC(=O)N[C@@H](C/C=C/c1ccc(Cl)c(Cl)c1)c1ccccc1. The first-order chi connectivity index (χ1) is 12.2. The van der Waals surface area contributed by atoms with Crippen LogP contribution in [0.4, 0.5) is 4.79 Å². The summed E-state index contributed by atoms with van der Waals surface area (Å²) in [5, 5.41) is 3.98. The first kappa shape index (κ1) is 20.3. The molecular formula is C21H23Cl2NO2. The fourth-order valence-electron chi connectivity index (χ4n) is 2.37. The molecule has 0 saturated heterocycles. The van der Waals surface area contributed by atoms with E-state index in [1.165, 1.54) is 0 Å². The molecule has 26 heavy (non-hydrogen) atoms. The van der Waals surface area contributed by atoms with Gasteiger partial charge < -0.3 is 10.1 Å². The van der Waals surface area contributed by atoms with E-state index in [0.717, 1.165) is 11.1 Å². The molecule has 0 spiro atoms. The summed E-state index contributed by atoms with van der Waals surface area (Å²) in [5.41, 5.74) is 1.42. The Hall–Kier alpha value is -1.97. The molecule has 2 rings (SSSR count). The molecule has 1 atom stereocenters. The van der Waals surface area contributed by atoms with Crippen LogP contribution in [-0.4, -0.2) is 11.7 Å². The molecule has 0 fully saturated rings. The number of alkyl carbamates (subject to hydrolysis) is 1. The number of rotatable bonds is 5. The lowest BCUT2D eigenvalue weighted by atomic mass is 10.0. The third-order valence-electron chi connectivity index (χ3n) is 3.52. The van der Waals surface area contributed by atoms with Crippen LogP contribution in [0.3, 0.4) is 0 Å². The van der Waals surface area contributed by atoms with Crippen molar-refractivity contribution in [3.05, 3.63) is 75.8 Å². The van der Waals surface area contributed by atoms with E-state index in [1.54, 1.807) is 12.1 Å². The molecule has 1 N–H and O–H groups in total. The number of amides is 1. The van der Waals surface area contributed by atoms with Crippen molar-refractivity contribution in [2.45, 2.75) is 38.8 Å². The minimum atomic E-state index is -0.540. The Kier molecular flexibility index (Phi) is 7.13. The molecule has 0 aliphatic rings. The zero-order valence-electron chi connectivity index (χ0n) is 15.1. The molecule has 0 aliphatic heterocycles. The van der Waals surface area contributed by atoms with E-state index >= 15 is 0 Å². The molecule has 0 bridgehead atoms. The summed E-state index contributed by atoms with van der Waals surface area (Å²) in [7, 11) is 0. The van der Waals surface area contributed by atoms with Crippen molar-refractivity contribution in [2.75, 3.05) is 0 Å². The second-order valence-corrected chi connectivity index (χ2v) is 7.74. The third kappa shape index (κ3) is 6.74. The summed E-state index contributed by atoms with van der Waals surface area (Å²) in [6.07, 6.45) is 4.13. The molecule has 2 aromatic carbocycles. The Bertz CT molecular complexity index is 767. The number of carbonyl (C=O) groups is 1. The smallest absolute Gasteiger partial charge is 0.408 e. The quantitative estimate of drug-likeness (QED) is 0.618. The van der Waals surface area contributed by atoms with Crippen molar-refractivity contribution < 1.29 is 9.53 Å². The Morgan fingerprint density at radius 3 is 2.42 bits per heavy atom.